The van der Waals surface area contributed by atoms with E-state index < -0.39 is 0 Å². The predicted molar refractivity (Wildman–Crippen MR) is 42.0 cm³/mol. The Morgan fingerprint density at radius 3 is 3.33 bits per heavy atom. The summed E-state index contributed by atoms with van der Waals surface area (Å²) in [7, 11) is 0. The lowest BCUT2D eigenvalue weighted by molar-refractivity contribution is -0.122. The molecule has 2 heterocycles. The molecule has 0 aliphatic carbocycles. The minimum absolute atomic E-state index is 0.00849. The van der Waals surface area contributed by atoms with Crippen LogP contribution in [0.1, 0.15) is 11.4 Å². The zero-order chi connectivity index (χ0) is 8.55. The van der Waals surface area contributed by atoms with Crippen molar-refractivity contribution in [1.82, 2.24) is 15.1 Å². The van der Waals surface area contributed by atoms with E-state index in [0.29, 0.717) is 19.6 Å². The maximum atomic E-state index is 10.9. The number of hydrogen-bond acceptors (Lipinski definition) is 3. The van der Waals surface area contributed by atoms with Crippen LogP contribution < -0.4 is 11.1 Å². The van der Waals surface area contributed by atoms with Crippen LogP contribution in [-0.4, -0.2) is 15.7 Å². The molecule has 1 aliphatic rings. The van der Waals surface area contributed by atoms with E-state index in [-0.39, 0.29) is 5.91 Å². The van der Waals surface area contributed by atoms with Gasteiger partial charge in [-0.2, -0.15) is 5.10 Å². The first-order valence-corrected chi connectivity index (χ1v) is 3.82. The van der Waals surface area contributed by atoms with Gasteiger partial charge in [-0.05, 0) is 6.07 Å². The van der Waals surface area contributed by atoms with Crippen molar-refractivity contribution in [2.75, 3.05) is 0 Å². The first-order valence-electron chi connectivity index (χ1n) is 3.82. The minimum Gasteiger partial charge on any atom is -0.349 e. The smallest absolute Gasteiger partial charge is 0.242 e. The zero-order valence-corrected chi connectivity index (χ0v) is 6.58. The molecule has 2 rings (SSSR count). The fourth-order valence-electron chi connectivity index (χ4n) is 1.27. The summed E-state index contributed by atoms with van der Waals surface area (Å²) in [6, 6.07) is 1.92. The highest BCUT2D eigenvalue weighted by atomic mass is 16.2. The quantitative estimate of drug-likeness (QED) is 0.560. The number of hydrogen-bond donors (Lipinski definition) is 2. The van der Waals surface area contributed by atoms with E-state index in [4.69, 9.17) is 5.73 Å². The molecule has 1 aliphatic heterocycles. The molecule has 1 amide bonds. The van der Waals surface area contributed by atoms with E-state index in [9.17, 15) is 4.79 Å². The number of nitrogens with zero attached hydrogens (tertiary/aromatic N) is 2. The number of fused-ring (bicyclic) bond motifs is 1. The maximum Gasteiger partial charge on any atom is 0.242 e. The second-order valence-corrected chi connectivity index (χ2v) is 2.77. The third-order valence-corrected chi connectivity index (χ3v) is 1.88. The van der Waals surface area contributed by atoms with Gasteiger partial charge in [0.25, 0.3) is 0 Å². The molecule has 0 spiro atoms. The zero-order valence-electron chi connectivity index (χ0n) is 6.58. The van der Waals surface area contributed by atoms with Crippen molar-refractivity contribution in [2.24, 2.45) is 5.73 Å². The van der Waals surface area contributed by atoms with Crippen molar-refractivity contribution in [3.63, 3.8) is 0 Å². The van der Waals surface area contributed by atoms with E-state index >= 15 is 0 Å². The molecule has 5 heteroatoms. The first-order chi connectivity index (χ1) is 5.79. The molecule has 0 fully saturated rings. The lowest BCUT2D eigenvalue weighted by Crippen LogP contribution is -2.34. The van der Waals surface area contributed by atoms with Crippen LogP contribution in [0.15, 0.2) is 6.07 Å². The Balaban J connectivity index is 2.34. The molecule has 0 atom stereocenters. The Bertz CT molecular complexity index is 317. The lowest BCUT2D eigenvalue weighted by Gasteiger charge is -2.13. The molecule has 0 bridgehead atoms. The Morgan fingerprint density at radius 1 is 1.75 bits per heavy atom. The average Bonchev–Trinajstić information content (AvgIpc) is 2.46. The van der Waals surface area contributed by atoms with Gasteiger partial charge in [-0.3, -0.25) is 9.48 Å². The molecule has 0 aromatic carbocycles. The molecular formula is C7H10N4O. The average molecular weight is 166 g/mol. The Morgan fingerprint density at radius 2 is 2.58 bits per heavy atom. The summed E-state index contributed by atoms with van der Waals surface area (Å²) >= 11 is 0. The van der Waals surface area contributed by atoms with Crippen molar-refractivity contribution < 1.29 is 4.79 Å². The van der Waals surface area contributed by atoms with Crippen LogP contribution in [0, 0.1) is 0 Å². The molecule has 0 saturated heterocycles. The third-order valence-electron chi connectivity index (χ3n) is 1.88. The summed E-state index contributed by atoms with van der Waals surface area (Å²) in [5.41, 5.74) is 7.27. The molecule has 5 nitrogen and oxygen atoms in total. The molecular weight excluding hydrogens is 156 g/mol. The number of amides is 1. The molecule has 12 heavy (non-hydrogen) atoms. The summed E-state index contributed by atoms with van der Waals surface area (Å²) in [6.07, 6.45) is 0. The van der Waals surface area contributed by atoms with Gasteiger partial charge in [0.15, 0.2) is 0 Å². The van der Waals surface area contributed by atoms with Gasteiger partial charge in [-0.25, -0.2) is 0 Å². The highest BCUT2D eigenvalue weighted by Gasteiger charge is 2.15. The second-order valence-electron chi connectivity index (χ2n) is 2.77. The van der Waals surface area contributed by atoms with Crippen LogP contribution in [0.3, 0.4) is 0 Å². The topological polar surface area (TPSA) is 72.9 Å². The SMILES string of the molecule is NCc1cc2n(n1)CC(=O)NC2. The number of aromatic nitrogens is 2. The first kappa shape index (κ1) is 7.30. The van der Waals surface area contributed by atoms with Crippen molar-refractivity contribution >= 4 is 5.91 Å². The predicted octanol–water partition coefficient (Wildman–Crippen LogP) is -1.03. The van der Waals surface area contributed by atoms with Gasteiger partial charge < -0.3 is 11.1 Å². The van der Waals surface area contributed by atoms with E-state index in [1.54, 1.807) is 4.68 Å². The summed E-state index contributed by atoms with van der Waals surface area (Å²) in [4.78, 5) is 10.9. The fourth-order valence-corrected chi connectivity index (χ4v) is 1.27. The van der Waals surface area contributed by atoms with Gasteiger partial charge in [0.1, 0.15) is 6.54 Å². The second kappa shape index (κ2) is 2.60. The van der Waals surface area contributed by atoms with E-state index in [1.165, 1.54) is 0 Å². The van der Waals surface area contributed by atoms with E-state index in [0.717, 1.165) is 11.4 Å². The molecule has 0 radical (unpaired) electrons. The van der Waals surface area contributed by atoms with Crippen molar-refractivity contribution in [2.45, 2.75) is 19.6 Å². The molecule has 0 saturated carbocycles. The van der Waals surface area contributed by atoms with Crippen LogP contribution in [-0.2, 0) is 24.4 Å². The van der Waals surface area contributed by atoms with Gasteiger partial charge in [0, 0.05) is 6.54 Å². The number of carbonyl (C=O) groups is 1. The van der Waals surface area contributed by atoms with E-state index in [2.05, 4.69) is 10.4 Å². The van der Waals surface area contributed by atoms with Crippen LogP contribution >= 0.6 is 0 Å². The summed E-state index contributed by atoms with van der Waals surface area (Å²) in [5, 5.41) is 6.89. The highest BCUT2D eigenvalue weighted by molar-refractivity contribution is 5.76. The van der Waals surface area contributed by atoms with Crippen molar-refractivity contribution in [1.29, 1.82) is 0 Å². The summed E-state index contributed by atoms with van der Waals surface area (Å²) < 4.78 is 1.70. The van der Waals surface area contributed by atoms with Crippen LogP contribution in [0.4, 0.5) is 0 Å². The number of nitrogens with two attached hydrogens (primary N) is 1. The van der Waals surface area contributed by atoms with Crippen LogP contribution in [0.2, 0.25) is 0 Å². The van der Waals surface area contributed by atoms with Gasteiger partial charge in [-0.1, -0.05) is 0 Å². The number of rotatable bonds is 1. The van der Waals surface area contributed by atoms with Gasteiger partial charge >= 0.3 is 0 Å². The van der Waals surface area contributed by atoms with E-state index in [1.807, 2.05) is 6.07 Å². The number of carbonyl (C=O) groups excluding carboxylic acids is 1. The third kappa shape index (κ3) is 1.08. The summed E-state index contributed by atoms with van der Waals surface area (Å²) in [5.74, 6) is 0.00849. The number of nitrogens with one attached hydrogen (secondary N) is 1. The fraction of sp³-hybridized carbons (Fsp3) is 0.429. The van der Waals surface area contributed by atoms with Crippen molar-refractivity contribution in [3.05, 3.63) is 17.5 Å². The molecule has 1 aromatic rings. The molecule has 0 unspecified atom stereocenters. The normalized spacial score (nSPS) is 15.6. The maximum absolute atomic E-state index is 10.9. The molecule has 1 aromatic heterocycles. The highest BCUT2D eigenvalue weighted by Crippen LogP contribution is 2.07. The van der Waals surface area contributed by atoms with Gasteiger partial charge in [0.05, 0.1) is 17.9 Å². The Labute approximate surface area is 69.5 Å². The monoisotopic (exact) mass is 166 g/mol. The molecule has 3 N–H and O–H groups in total. The Hall–Kier alpha value is -1.36. The molecule has 64 valence electrons. The van der Waals surface area contributed by atoms with Gasteiger partial charge in [0.2, 0.25) is 5.91 Å². The van der Waals surface area contributed by atoms with Crippen LogP contribution in [0.5, 0.6) is 0 Å². The van der Waals surface area contributed by atoms with Gasteiger partial charge in [-0.15, -0.1) is 0 Å². The largest absolute Gasteiger partial charge is 0.349 e. The lowest BCUT2D eigenvalue weighted by atomic mass is 10.3. The minimum atomic E-state index is 0.00849. The Kier molecular flexibility index (Phi) is 1.58. The summed E-state index contributed by atoms with van der Waals surface area (Å²) in [6.45, 7) is 1.30. The van der Waals surface area contributed by atoms with Crippen LogP contribution in [0.25, 0.3) is 0 Å². The van der Waals surface area contributed by atoms with Crippen molar-refractivity contribution in [3.8, 4) is 0 Å². The standard InChI is InChI=1S/C7H10N4O/c8-2-5-1-6-3-9-7(12)4-11(6)10-5/h1H,2-4,8H2,(H,9,12).